The number of furan rings is 1. The van der Waals surface area contributed by atoms with Crippen molar-refractivity contribution in [2.24, 2.45) is 0 Å². The number of carbonyl (C=O) groups excluding carboxylic acids is 1. The fourth-order valence-electron chi connectivity index (χ4n) is 2.65. The average molecular weight is 329 g/mol. The minimum Gasteiger partial charge on any atom is -0.467 e. The number of aromatic nitrogens is 2. The van der Waals surface area contributed by atoms with Gasteiger partial charge in [-0.15, -0.1) is 0 Å². The summed E-state index contributed by atoms with van der Waals surface area (Å²) in [7, 11) is 0. The Morgan fingerprint density at radius 2 is 2.08 bits per heavy atom. The predicted octanol–water partition coefficient (Wildman–Crippen LogP) is 1.62. The van der Waals surface area contributed by atoms with Gasteiger partial charge in [0.2, 0.25) is 5.91 Å². The largest absolute Gasteiger partial charge is 0.467 e. The summed E-state index contributed by atoms with van der Waals surface area (Å²) in [6.07, 6.45) is 3.24. The van der Waals surface area contributed by atoms with E-state index in [0.29, 0.717) is 18.6 Å². The van der Waals surface area contributed by atoms with Gasteiger partial charge in [0.15, 0.2) is 0 Å². The van der Waals surface area contributed by atoms with Crippen LogP contribution in [0.3, 0.4) is 0 Å². The Balaban J connectivity index is 1.51. The molecule has 0 spiro atoms. The zero-order chi connectivity index (χ0) is 16.9. The lowest BCUT2D eigenvalue weighted by Gasteiger charge is -2.13. The lowest BCUT2D eigenvalue weighted by molar-refractivity contribution is -0.122. The van der Waals surface area contributed by atoms with Crippen molar-refractivity contribution in [2.75, 3.05) is 6.61 Å². The number of aromatic amines is 2. The van der Waals surface area contributed by atoms with Crippen LogP contribution >= 0.6 is 0 Å². The highest BCUT2D eigenvalue weighted by Gasteiger charge is 2.15. The van der Waals surface area contributed by atoms with Crippen LogP contribution in [-0.2, 0) is 11.2 Å². The number of H-pyrrole nitrogens is 2. The molecule has 1 atom stereocenters. The summed E-state index contributed by atoms with van der Waals surface area (Å²) in [6, 6.07) is 8.60. The van der Waals surface area contributed by atoms with E-state index in [1.54, 1.807) is 12.1 Å². The third kappa shape index (κ3) is 3.75. The van der Waals surface area contributed by atoms with Crippen LogP contribution in [0.25, 0.3) is 11.0 Å². The summed E-state index contributed by atoms with van der Waals surface area (Å²) >= 11 is 0. The average Bonchev–Trinajstić information content (AvgIpc) is 3.20. The van der Waals surface area contributed by atoms with Crippen molar-refractivity contribution < 1.29 is 14.3 Å². The molecule has 126 valence electrons. The van der Waals surface area contributed by atoms with E-state index in [2.05, 4.69) is 15.3 Å². The number of benzene rings is 1. The van der Waals surface area contributed by atoms with Gasteiger partial charge in [0.25, 0.3) is 0 Å². The van der Waals surface area contributed by atoms with Crippen molar-refractivity contribution >= 4 is 16.9 Å². The number of imidazole rings is 1. The number of aliphatic hydroxyl groups is 1. The number of aryl methyl sites for hydroxylation is 1. The van der Waals surface area contributed by atoms with Crippen molar-refractivity contribution in [1.29, 1.82) is 0 Å². The van der Waals surface area contributed by atoms with Gasteiger partial charge in [-0.25, -0.2) is 4.79 Å². The van der Waals surface area contributed by atoms with Crippen LogP contribution in [0, 0.1) is 0 Å². The molecule has 7 nitrogen and oxygen atoms in total. The SMILES string of the molecule is O=C(CCCc1ccc2[nH]c(=O)[nH]c2c1)NC(CO)c1ccco1. The van der Waals surface area contributed by atoms with E-state index >= 15 is 0 Å². The van der Waals surface area contributed by atoms with Gasteiger partial charge in [-0.05, 0) is 42.7 Å². The van der Waals surface area contributed by atoms with Crippen molar-refractivity contribution in [1.82, 2.24) is 15.3 Å². The molecule has 0 aliphatic rings. The number of hydrogen-bond donors (Lipinski definition) is 4. The molecule has 2 aromatic heterocycles. The van der Waals surface area contributed by atoms with E-state index in [4.69, 9.17) is 4.42 Å². The standard InChI is InChI=1S/C17H19N3O4/c21-10-14(15-4-2-8-24-15)18-16(22)5-1-3-11-6-7-12-13(9-11)20-17(23)19-12/h2,4,6-9,14,21H,1,3,5,10H2,(H,18,22)(H2,19,20,23). The maximum atomic E-state index is 12.0. The fourth-order valence-corrected chi connectivity index (χ4v) is 2.65. The normalized spacial score (nSPS) is 12.4. The van der Waals surface area contributed by atoms with E-state index in [1.165, 1.54) is 6.26 Å². The molecule has 0 aliphatic heterocycles. The molecule has 0 saturated heterocycles. The first-order chi connectivity index (χ1) is 11.7. The summed E-state index contributed by atoms with van der Waals surface area (Å²) in [4.78, 5) is 28.6. The zero-order valence-electron chi connectivity index (χ0n) is 13.0. The van der Waals surface area contributed by atoms with Gasteiger partial charge in [0.1, 0.15) is 11.8 Å². The van der Waals surface area contributed by atoms with Gasteiger partial charge < -0.3 is 24.8 Å². The summed E-state index contributed by atoms with van der Waals surface area (Å²) in [5.41, 5.74) is 2.36. The molecule has 3 rings (SSSR count). The van der Waals surface area contributed by atoms with Crippen LogP contribution < -0.4 is 11.0 Å². The second kappa shape index (κ2) is 7.18. The summed E-state index contributed by atoms with van der Waals surface area (Å²) < 4.78 is 5.20. The van der Waals surface area contributed by atoms with E-state index < -0.39 is 6.04 Å². The van der Waals surface area contributed by atoms with Crippen LogP contribution in [0.5, 0.6) is 0 Å². The van der Waals surface area contributed by atoms with Crippen LogP contribution in [0.2, 0.25) is 0 Å². The summed E-state index contributed by atoms with van der Waals surface area (Å²) in [5.74, 6) is 0.397. The Morgan fingerprint density at radius 1 is 1.25 bits per heavy atom. The summed E-state index contributed by atoms with van der Waals surface area (Å²) in [5, 5.41) is 12.1. The molecule has 4 N–H and O–H groups in total. The molecule has 0 aliphatic carbocycles. The molecule has 24 heavy (non-hydrogen) atoms. The molecular weight excluding hydrogens is 310 g/mol. The predicted molar refractivity (Wildman–Crippen MR) is 88.5 cm³/mol. The first kappa shape index (κ1) is 16.1. The number of aliphatic hydroxyl groups excluding tert-OH is 1. The van der Waals surface area contributed by atoms with E-state index in [9.17, 15) is 14.7 Å². The molecule has 0 fully saturated rings. The number of fused-ring (bicyclic) bond motifs is 1. The van der Waals surface area contributed by atoms with Crippen LogP contribution in [0.1, 0.15) is 30.2 Å². The monoisotopic (exact) mass is 329 g/mol. The Morgan fingerprint density at radius 3 is 2.83 bits per heavy atom. The lowest BCUT2D eigenvalue weighted by Crippen LogP contribution is -2.30. The Hall–Kier alpha value is -2.80. The van der Waals surface area contributed by atoms with E-state index in [0.717, 1.165) is 23.0 Å². The zero-order valence-corrected chi connectivity index (χ0v) is 13.0. The quantitative estimate of drug-likeness (QED) is 0.528. The van der Waals surface area contributed by atoms with Gasteiger partial charge >= 0.3 is 5.69 Å². The van der Waals surface area contributed by atoms with Gasteiger partial charge in [-0.2, -0.15) is 0 Å². The van der Waals surface area contributed by atoms with Crippen LogP contribution in [-0.4, -0.2) is 27.6 Å². The maximum absolute atomic E-state index is 12.0. The molecular formula is C17H19N3O4. The fraction of sp³-hybridized carbons (Fsp3) is 0.294. The Bertz CT molecular complexity index is 863. The maximum Gasteiger partial charge on any atom is 0.323 e. The molecule has 0 saturated carbocycles. The van der Waals surface area contributed by atoms with Crippen LogP contribution in [0.4, 0.5) is 0 Å². The number of hydrogen-bond acceptors (Lipinski definition) is 4. The van der Waals surface area contributed by atoms with E-state index in [1.807, 2.05) is 18.2 Å². The van der Waals surface area contributed by atoms with Crippen molar-refractivity contribution in [3.63, 3.8) is 0 Å². The van der Waals surface area contributed by atoms with Crippen molar-refractivity contribution in [2.45, 2.75) is 25.3 Å². The topological polar surface area (TPSA) is 111 Å². The number of nitrogens with one attached hydrogen (secondary N) is 3. The van der Waals surface area contributed by atoms with Gasteiger partial charge in [0.05, 0.1) is 23.9 Å². The van der Waals surface area contributed by atoms with Gasteiger partial charge in [-0.1, -0.05) is 6.07 Å². The molecule has 1 unspecified atom stereocenters. The number of carbonyl (C=O) groups is 1. The van der Waals surface area contributed by atoms with E-state index in [-0.39, 0.29) is 18.2 Å². The van der Waals surface area contributed by atoms with Gasteiger partial charge in [-0.3, -0.25) is 4.79 Å². The third-order valence-corrected chi connectivity index (χ3v) is 3.85. The highest BCUT2D eigenvalue weighted by atomic mass is 16.3. The molecule has 2 heterocycles. The Labute approximate surface area is 137 Å². The second-order valence-corrected chi connectivity index (χ2v) is 5.63. The first-order valence-corrected chi connectivity index (χ1v) is 7.80. The second-order valence-electron chi connectivity index (χ2n) is 5.63. The highest BCUT2D eigenvalue weighted by molar-refractivity contribution is 5.76. The molecule has 1 aromatic carbocycles. The van der Waals surface area contributed by atoms with Crippen molar-refractivity contribution in [3.05, 3.63) is 58.4 Å². The Kier molecular flexibility index (Phi) is 4.81. The minimum atomic E-state index is -0.520. The van der Waals surface area contributed by atoms with Crippen LogP contribution in [0.15, 0.2) is 45.8 Å². The number of rotatable bonds is 7. The van der Waals surface area contributed by atoms with Gasteiger partial charge in [0, 0.05) is 6.42 Å². The van der Waals surface area contributed by atoms with Crippen molar-refractivity contribution in [3.8, 4) is 0 Å². The molecule has 0 bridgehead atoms. The highest BCUT2D eigenvalue weighted by Crippen LogP contribution is 2.14. The lowest BCUT2D eigenvalue weighted by atomic mass is 10.1. The first-order valence-electron chi connectivity index (χ1n) is 7.80. The molecule has 1 amide bonds. The molecule has 0 radical (unpaired) electrons. The molecule has 3 aromatic rings. The third-order valence-electron chi connectivity index (χ3n) is 3.85. The molecule has 7 heteroatoms. The smallest absolute Gasteiger partial charge is 0.323 e. The minimum absolute atomic E-state index is 0.137. The summed E-state index contributed by atoms with van der Waals surface area (Å²) in [6.45, 7) is -0.212. The number of amides is 1.